The lowest BCUT2D eigenvalue weighted by molar-refractivity contribution is -0.386. The van der Waals surface area contributed by atoms with Crippen molar-refractivity contribution in [1.82, 2.24) is 4.31 Å². The summed E-state index contributed by atoms with van der Waals surface area (Å²) in [5.41, 5.74) is -0.415. The average molecular weight is 355 g/mol. The molecule has 0 aliphatic carbocycles. The molecule has 1 heterocycles. The van der Waals surface area contributed by atoms with E-state index in [1.807, 2.05) is 6.07 Å². The van der Waals surface area contributed by atoms with Gasteiger partial charge in [0.15, 0.2) is 5.75 Å². The van der Waals surface area contributed by atoms with Crippen molar-refractivity contribution in [1.29, 1.82) is 5.26 Å². The predicted molar refractivity (Wildman–Crippen MR) is 83.0 cm³/mol. The molecular weight excluding hydrogens is 338 g/mol. The molecule has 1 aromatic carbocycles. The van der Waals surface area contributed by atoms with E-state index in [1.54, 1.807) is 0 Å². The Hall–Kier alpha value is -2.22. The van der Waals surface area contributed by atoms with Gasteiger partial charge in [-0.2, -0.15) is 9.57 Å². The highest BCUT2D eigenvalue weighted by molar-refractivity contribution is 7.89. The number of rotatable bonds is 7. The van der Waals surface area contributed by atoms with Crippen molar-refractivity contribution in [2.24, 2.45) is 0 Å². The molecule has 130 valence electrons. The highest BCUT2D eigenvalue weighted by Crippen LogP contribution is 2.31. The summed E-state index contributed by atoms with van der Waals surface area (Å²) in [6.45, 7) is 1.15. The predicted octanol–water partition coefficient (Wildman–Crippen LogP) is 1.30. The first kappa shape index (κ1) is 18.1. The Bertz CT molecular complexity index is 737. The van der Waals surface area contributed by atoms with Gasteiger partial charge >= 0.3 is 5.69 Å². The van der Waals surface area contributed by atoms with Crippen LogP contribution in [0.3, 0.4) is 0 Å². The van der Waals surface area contributed by atoms with Gasteiger partial charge < -0.3 is 9.47 Å². The SMILES string of the molecule is N#CCCCOc1ccc(S(=O)(=O)N2CCOCC2)cc1[N+](=O)[O-]. The molecule has 0 saturated carbocycles. The fraction of sp³-hybridized carbons (Fsp3) is 0.500. The van der Waals surface area contributed by atoms with Gasteiger partial charge in [0.1, 0.15) is 0 Å². The maximum absolute atomic E-state index is 12.5. The molecule has 0 atom stereocenters. The zero-order valence-corrected chi connectivity index (χ0v) is 13.7. The van der Waals surface area contributed by atoms with Crippen LogP contribution in [0, 0.1) is 21.4 Å². The Morgan fingerprint density at radius 2 is 2.08 bits per heavy atom. The van der Waals surface area contributed by atoms with Crippen molar-refractivity contribution in [3.05, 3.63) is 28.3 Å². The number of hydrogen-bond donors (Lipinski definition) is 0. The normalized spacial score (nSPS) is 15.6. The Kier molecular flexibility index (Phi) is 6.08. The Morgan fingerprint density at radius 3 is 2.71 bits per heavy atom. The molecule has 0 amide bonds. The van der Waals surface area contributed by atoms with Crippen molar-refractivity contribution in [3.63, 3.8) is 0 Å². The Morgan fingerprint density at radius 1 is 1.38 bits per heavy atom. The molecule has 0 bridgehead atoms. The van der Waals surface area contributed by atoms with Gasteiger partial charge in [0.2, 0.25) is 10.0 Å². The van der Waals surface area contributed by atoms with Gasteiger partial charge in [0.25, 0.3) is 0 Å². The van der Waals surface area contributed by atoms with E-state index in [1.165, 1.54) is 16.4 Å². The number of nitrogens with zero attached hydrogens (tertiary/aromatic N) is 3. The zero-order chi connectivity index (χ0) is 17.6. The van der Waals surface area contributed by atoms with Crippen LogP contribution in [-0.2, 0) is 14.8 Å². The highest BCUT2D eigenvalue weighted by Gasteiger charge is 2.29. The zero-order valence-electron chi connectivity index (χ0n) is 12.9. The van der Waals surface area contributed by atoms with Crippen LogP contribution < -0.4 is 4.74 Å². The minimum absolute atomic E-state index is 0.0149. The average Bonchev–Trinajstić information content (AvgIpc) is 2.59. The van der Waals surface area contributed by atoms with Crippen molar-refractivity contribution in [2.45, 2.75) is 17.7 Å². The molecule has 2 rings (SSSR count). The molecule has 24 heavy (non-hydrogen) atoms. The number of benzene rings is 1. The second-order valence-corrected chi connectivity index (χ2v) is 6.95. The van der Waals surface area contributed by atoms with E-state index in [0.29, 0.717) is 19.6 Å². The molecular formula is C14H17N3O6S. The number of ether oxygens (including phenoxy) is 2. The number of hydrogen-bond acceptors (Lipinski definition) is 7. The smallest absolute Gasteiger partial charge is 0.312 e. The fourth-order valence-electron chi connectivity index (χ4n) is 2.19. The number of nitro benzene ring substituents is 1. The summed E-state index contributed by atoms with van der Waals surface area (Å²) in [6.07, 6.45) is 0.707. The standard InChI is InChI=1S/C14H17N3O6S/c15-5-1-2-8-23-14-4-3-12(11-13(14)17(18)19)24(20,21)16-6-9-22-10-7-16/h3-4,11H,1-2,6-10H2. The maximum Gasteiger partial charge on any atom is 0.312 e. The van der Waals surface area contributed by atoms with Crippen LogP contribution in [0.5, 0.6) is 5.75 Å². The Balaban J connectivity index is 2.24. The molecule has 9 nitrogen and oxygen atoms in total. The largest absolute Gasteiger partial charge is 0.487 e. The molecule has 0 spiro atoms. The van der Waals surface area contributed by atoms with Gasteiger partial charge in [-0.3, -0.25) is 10.1 Å². The van der Waals surface area contributed by atoms with Crippen molar-refractivity contribution >= 4 is 15.7 Å². The van der Waals surface area contributed by atoms with Gasteiger partial charge in [-0.05, 0) is 18.6 Å². The molecule has 0 unspecified atom stereocenters. The van der Waals surface area contributed by atoms with E-state index in [0.717, 1.165) is 6.07 Å². The van der Waals surface area contributed by atoms with Gasteiger partial charge in [-0.15, -0.1) is 0 Å². The topological polar surface area (TPSA) is 123 Å². The summed E-state index contributed by atoms with van der Waals surface area (Å²) >= 11 is 0. The first-order chi connectivity index (χ1) is 11.5. The van der Waals surface area contributed by atoms with E-state index in [9.17, 15) is 18.5 Å². The number of sulfonamides is 1. The molecule has 10 heteroatoms. The molecule has 1 fully saturated rings. The second kappa shape index (κ2) is 8.05. The van der Waals surface area contributed by atoms with Crippen molar-refractivity contribution in [2.75, 3.05) is 32.9 Å². The number of nitriles is 1. The van der Waals surface area contributed by atoms with Crippen molar-refractivity contribution in [3.8, 4) is 11.8 Å². The molecule has 1 aliphatic heterocycles. The minimum Gasteiger partial charge on any atom is -0.487 e. The van der Waals surface area contributed by atoms with E-state index < -0.39 is 20.6 Å². The van der Waals surface area contributed by atoms with Crippen LogP contribution in [0.15, 0.2) is 23.1 Å². The first-order valence-corrected chi connectivity index (χ1v) is 8.77. The summed E-state index contributed by atoms with van der Waals surface area (Å²) < 4.78 is 36.7. The second-order valence-electron chi connectivity index (χ2n) is 5.01. The molecule has 0 N–H and O–H groups in total. The summed E-state index contributed by atoms with van der Waals surface area (Å²) in [7, 11) is -3.81. The fourth-order valence-corrected chi connectivity index (χ4v) is 3.62. The van der Waals surface area contributed by atoms with Crippen molar-refractivity contribution < 1.29 is 22.8 Å². The van der Waals surface area contributed by atoms with Gasteiger partial charge in [-0.1, -0.05) is 0 Å². The third-order valence-corrected chi connectivity index (χ3v) is 5.32. The van der Waals surface area contributed by atoms with Crippen LogP contribution in [0.4, 0.5) is 5.69 Å². The van der Waals surface area contributed by atoms with Crippen LogP contribution in [0.25, 0.3) is 0 Å². The third kappa shape index (κ3) is 4.19. The van der Waals surface area contributed by atoms with Gasteiger partial charge in [0.05, 0.1) is 35.7 Å². The summed E-state index contributed by atoms with van der Waals surface area (Å²) in [6, 6.07) is 5.52. The lowest BCUT2D eigenvalue weighted by atomic mass is 10.3. The van der Waals surface area contributed by atoms with Crippen LogP contribution >= 0.6 is 0 Å². The lowest BCUT2D eigenvalue weighted by Gasteiger charge is -2.26. The lowest BCUT2D eigenvalue weighted by Crippen LogP contribution is -2.40. The highest BCUT2D eigenvalue weighted by atomic mass is 32.2. The first-order valence-electron chi connectivity index (χ1n) is 7.33. The monoisotopic (exact) mass is 355 g/mol. The summed E-state index contributed by atoms with van der Waals surface area (Å²) in [5, 5.41) is 19.7. The molecule has 0 radical (unpaired) electrons. The van der Waals surface area contributed by atoms with Crippen LogP contribution in [0.2, 0.25) is 0 Å². The summed E-state index contributed by atoms with van der Waals surface area (Å²) in [5.74, 6) is -0.0149. The van der Waals surface area contributed by atoms with Crippen LogP contribution in [0.1, 0.15) is 12.8 Å². The van der Waals surface area contributed by atoms with E-state index >= 15 is 0 Å². The van der Waals surface area contributed by atoms with Crippen LogP contribution in [-0.4, -0.2) is 50.6 Å². The minimum atomic E-state index is -3.81. The van der Waals surface area contributed by atoms with E-state index in [2.05, 4.69) is 0 Å². The summed E-state index contributed by atoms with van der Waals surface area (Å²) in [4.78, 5) is 10.4. The third-order valence-electron chi connectivity index (χ3n) is 3.43. The van der Waals surface area contributed by atoms with Gasteiger partial charge in [0, 0.05) is 25.6 Å². The molecule has 1 aromatic rings. The maximum atomic E-state index is 12.5. The van der Waals surface area contributed by atoms with E-state index in [-0.39, 0.29) is 36.8 Å². The van der Waals surface area contributed by atoms with E-state index in [4.69, 9.17) is 14.7 Å². The number of unbranched alkanes of at least 4 members (excludes halogenated alkanes) is 1. The Labute approximate surface area is 139 Å². The molecule has 0 aromatic heterocycles. The van der Waals surface area contributed by atoms with Gasteiger partial charge in [-0.25, -0.2) is 8.42 Å². The number of morpholine rings is 1. The molecule has 1 saturated heterocycles. The molecule has 1 aliphatic rings. The number of nitro groups is 1. The quantitative estimate of drug-likeness (QED) is 0.410.